The van der Waals surface area contributed by atoms with Crippen LogP contribution >= 0.6 is 0 Å². The number of benzene rings is 1. The van der Waals surface area contributed by atoms with Gasteiger partial charge in [0.2, 0.25) is 5.95 Å². The number of rotatable bonds is 6. The summed E-state index contributed by atoms with van der Waals surface area (Å²) in [5.74, 6) is 0.899. The molecule has 1 saturated heterocycles. The molecule has 0 saturated carbocycles. The number of aromatic nitrogens is 8. The minimum Gasteiger partial charge on any atom is -0.494 e. The molecule has 192 valence electrons. The Kier molecular flexibility index (Phi) is 5.79. The smallest absolute Gasteiger partial charge is 0.295 e. The van der Waals surface area contributed by atoms with E-state index < -0.39 is 11.7 Å². The summed E-state index contributed by atoms with van der Waals surface area (Å²) in [5.41, 5.74) is 1.64. The van der Waals surface area contributed by atoms with Gasteiger partial charge in [0.25, 0.3) is 11.7 Å². The highest BCUT2D eigenvalue weighted by Gasteiger charge is 2.31. The van der Waals surface area contributed by atoms with E-state index in [1.165, 1.54) is 36.8 Å². The summed E-state index contributed by atoms with van der Waals surface area (Å²) in [4.78, 5) is 46.4. The molecule has 4 aromatic heterocycles. The Morgan fingerprint density at radius 1 is 1.03 bits per heavy atom. The Labute approximate surface area is 216 Å². The number of nitrogens with one attached hydrogen (secondary N) is 1. The van der Waals surface area contributed by atoms with E-state index >= 15 is 0 Å². The number of methoxy groups -OCH3 is 1. The van der Waals surface area contributed by atoms with Crippen LogP contribution in [0, 0.1) is 6.92 Å². The molecule has 6 rings (SSSR count). The number of Topliss-reactive ketones (excluding diaryl/α,β-unsaturated/α-hetero) is 1. The Balaban J connectivity index is 1.22. The largest absolute Gasteiger partial charge is 0.494 e. The number of aryl methyl sites for hydroxylation is 1. The van der Waals surface area contributed by atoms with E-state index in [0.717, 1.165) is 5.69 Å². The summed E-state index contributed by atoms with van der Waals surface area (Å²) in [7, 11) is 1.49. The average molecular weight is 513 g/mol. The first-order chi connectivity index (χ1) is 18.5. The van der Waals surface area contributed by atoms with Crippen LogP contribution in [0.2, 0.25) is 0 Å². The van der Waals surface area contributed by atoms with E-state index in [1.807, 2.05) is 30.3 Å². The minimum atomic E-state index is -0.623. The number of carbonyl (C=O) groups is 2. The summed E-state index contributed by atoms with van der Waals surface area (Å²) in [5, 5.41) is 9.13. The van der Waals surface area contributed by atoms with Gasteiger partial charge in [-0.05, 0) is 19.1 Å². The molecule has 1 fully saturated rings. The number of anilines is 1. The van der Waals surface area contributed by atoms with Crippen LogP contribution in [0.5, 0.6) is 5.75 Å². The Bertz CT molecular complexity index is 1630. The number of aromatic amines is 1. The van der Waals surface area contributed by atoms with Crippen molar-refractivity contribution in [3.8, 4) is 17.3 Å². The van der Waals surface area contributed by atoms with Gasteiger partial charge in [-0.3, -0.25) is 9.59 Å². The molecule has 0 unspecified atom stereocenters. The van der Waals surface area contributed by atoms with Crippen LogP contribution in [-0.4, -0.2) is 89.4 Å². The quantitative estimate of drug-likeness (QED) is 0.265. The number of H-pyrrole nitrogens is 1. The van der Waals surface area contributed by atoms with Gasteiger partial charge in [-0.1, -0.05) is 18.2 Å². The lowest BCUT2D eigenvalue weighted by atomic mass is 10.1. The second kappa shape index (κ2) is 9.42. The van der Waals surface area contributed by atoms with Crippen molar-refractivity contribution in [1.82, 2.24) is 44.4 Å². The van der Waals surface area contributed by atoms with Gasteiger partial charge < -0.3 is 19.5 Å². The zero-order valence-corrected chi connectivity index (χ0v) is 20.8. The van der Waals surface area contributed by atoms with Crippen LogP contribution in [0.4, 0.5) is 5.95 Å². The minimum absolute atomic E-state index is 0.216. The molecule has 13 nitrogen and oxygen atoms in total. The lowest BCUT2D eigenvalue weighted by Gasteiger charge is -2.34. The molecule has 0 atom stereocenters. The van der Waals surface area contributed by atoms with Gasteiger partial charge in [-0.15, -0.1) is 0 Å². The third-order valence-corrected chi connectivity index (χ3v) is 6.52. The number of hydrogen-bond donors (Lipinski definition) is 1. The lowest BCUT2D eigenvalue weighted by Crippen LogP contribution is -2.51. The van der Waals surface area contributed by atoms with E-state index in [9.17, 15) is 9.59 Å². The van der Waals surface area contributed by atoms with Crippen molar-refractivity contribution in [1.29, 1.82) is 0 Å². The first kappa shape index (κ1) is 23.3. The third-order valence-electron chi connectivity index (χ3n) is 6.52. The highest BCUT2D eigenvalue weighted by atomic mass is 16.5. The fraction of sp³-hybridized carbons (Fsp3) is 0.240. The molecule has 1 aromatic carbocycles. The average Bonchev–Trinajstić information content (AvgIpc) is 3.72. The van der Waals surface area contributed by atoms with Crippen LogP contribution in [0.1, 0.15) is 16.2 Å². The van der Waals surface area contributed by atoms with Crippen molar-refractivity contribution < 1.29 is 14.3 Å². The van der Waals surface area contributed by atoms with Crippen molar-refractivity contribution >= 4 is 28.5 Å². The molecule has 0 spiro atoms. The summed E-state index contributed by atoms with van der Waals surface area (Å²) >= 11 is 0. The number of para-hydroxylation sites is 1. The second-order valence-corrected chi connectivity index (χ2v) is 8.75. The van der Waals surface area contributed by atoms with Crippen LogP contribution < -0.4 is 9.64 Å². The molecule has 1 aliphatic rings. The van der Waals surface area contributed by atoms with Crippen LogP contribution in [0.3, 0.4) is 0 Å². The standard InChI is InChI=1S/C25H24N10O3/c1-16-29-15-34(31-16)23-21-20(19(38-2)13-27-23)18(12-26-21)22(36)24(37)32-8-10-33(11-9-32)25-28-14-30-35(25)17-6-4-3-5-7-17/h3-7,12-15,26H,8-11H2,1-2H3. The Morgan fingerprint density at radius 3 is 2.53 bits per heavy atom. The van der Waals surface area contributed by atoms with Gasteiger partial charge in [0.15, 0.2) is 5.82 Å². The fourth-order valence-corrected chi connectivity index (χ4v) is 4.63. The number of piperazine rings is 1. The molecular formula is C25H24N10O3. The van der Waals surface area contributed by atoms with Crippen molar-refractivity contribution in [3.05, 3.63) is 66.8 Å². The van der Waals surface area contributed by atoms with Gasteiger partial charge in [0, 0.05) is 32.4 Å². The maximum Gasteiger partial charge on any atom is 0.295 e. The molecule has 0 aliphatic carbocycles. The number of ketones is 1. The maximum atomic E-state index is 13.4. The van der Waals surface area contributed by atoms with Crippen molar-refractivity contribution in [2.75, 3.05) is 38.2 Å². The van der Waals surface area contributed by atoms with E-state index in [-0.39, 0.29) is 5.56 Å². The number of carbonyl (C=O) groups excluding carboxylic acids is 2. The van der Waals surface area contributed by atoms with E-state index in [4.69, 9.17) is 4.74 Å². The molecule has 1 aliphatic heterocycles. The third kappa shape index (κ3) is 3.93. The van der Waals surface area contributed by atoms with Gasteiger partial charge in [-0.2, -0.15) is 19.9 Å². The monoisotopic (exact) mass is 512 g/mol. The van der Waals surface area contributed by atoms with Crippen LogP contribution in [-0.2, 0) is 4.79 Å². The lowest BCUT2D eigenvalue weighted by molar-refractivity contribution is -0.126. The summed E-state index contributed by atoms with van der Waals surface area (Å²) in [6, 6.07) is 9.73. The van der Waals surface area contributed by atoms with Crippen molar-refractivity contribution in [2.45, 2.75) is 6.92 Å². The van der Waals surface area contributed by atoms with Crippen LogP contribution in [0.25, 0.3) is 22.4 Å². The zero-order chi connectivity index (χ0) is 26.2. The molecule has 38 heavy (non-hydrogen) atoms. The molecule has 13 heteroatoms. The van der Waals surface area contributed by atoms with Gasteiger partial charge in [-0.25, -0.2) is 14.6 Å². The molecule has 5 heterocycles. The SMILES string of the molecule is COc1cnc(-n2cnc(C)n2)c2[nH]cc(C(=O)C(=O)N3CCN(c4ncnn4-c4ccccc4)CC3)c12. The number of pyridine rings is 1. The predicted molar refractivity (Wildman–Crippen MR) is 137 cm³/mol. The normalized spacial score (nSPS) is 13.7. The Hall–Kier alpha value is -5.07. The van der Waals surface area contributed by atoms with Crippen LogP contribution in [0.15, 0.2) is 55.4 Å². The van der Waals surface area contributed by atoms with E-state index in [0.29, 0.717) is 60.4 Å². The number of fused-ring (bicyclic) bond motifs is 1. The number of amides is 1. The summed E-state index contributed by atoms with van der Waals surface area (Å²) < 4.78 is 8.75. The highest BCUT2D eigenvalue weighted by Crippen LogP contribution is 2.32. The van der Waals surface area contributed by atoms with Crippen molar-refractivity contribution in [3.63, 3.8) is 0 Å². The highest BCUT2D eigenvalue weighted by molar-refractivity contribution is 6.45. The predicted octanol–water partition coefficient (Wildman–Crippen LogP) is 1.57. The zero-order valence-electron chi connectivity index (χ0n) is 20.8. The number of nitrogens with zero attached hydrogens (tertiary/aromatic N) is 9. The van der Waals surface area contributed by atoms with Gasteiger partial charge in [0.1, 0.15) is 24.2 Å². The summed E-state index contributed by atoms with van der Waals surface area (Å²) in [6.07, 6.45) is 6.07. The van der Waals surface area contributed by atoms with E-state index in [2.05, 4.69) is 35.0 Å². The molecule has 0 radical (unpaired) electrons. The van der Waals surface area contributed by atoms with Gasteiger partial charge in [0.05, 0.1) is 35.5 Å². The maximum absolute atomic E-state index is 13.4. The first-order valence-electron chi connectivity index (χ1n) is 12.0. The molecular weight excluding hydrogens is 488 g/mol. The van der Waals surface area contributed by atoms with E-state index in [1.54, 1.807) is 16.5 Å². The van der Waals surface area contributed by atoms with Crippen molar-refractivity contribution in [2.24, 2.45) is 0 Å². The molecule has 1 N–H and O–H groups in total. The molecule has 0 bridgehead atoms. The second-order valence-electron chi connectivity index (χ2n) is 8.75. The van der Waals surface area contributed by atoms with Gasteiger partial charge >= 0.3 is 0 Å². The summed E-state index contributed by atoms with van der Waals surface area (Å²) in [6.45, 7) is 3.54. The number of hydrogen-bond acceptors (Lipinski definition) is 9. The Morgan fingerprint density at radius 2 is 1.82 bits per heavy atom. The first-order valence-corrected chi connectivity index (χ1v) is 12.0. The molecule has 5 aromatic rings. The topological polar surface area (TPSA) is 140 Å². The fourth-order valence-electron chi connectivity index (χ4n) is 4.63. The molecule has 1 amide bonds. The number of ether oxygens (including phenoxy) is 1.